The summed E-state index contributed by atoms with van der Waals surface area (Å²) < 4.78 is 82.2. The van der Waals surface area contributed by atoms with Crippen molar-refractivity contribution in [1.82, 2.24) is 10.8 Å². The fourth-order valence-electron chi connectivity index (χ4n) is 3.87. The van der Waals surface area contributed by atoms with Gasteiger partial charge in [-0.25, -0.2) is 0 Å². The fourth-order valence-corrected chi connectivity index (χ4v) is 3.87. The van der Waals surface area contributed by atoms with E-state index >= 15 is 0 Å². The Balaban J connectivity index is 1.85. The number of hydrogen-bond donors (Lipinski definition) is 3. The first-order valence-corrected chi connectivity index (χ1v) is 11.8. The highest BCUT2D eigenvalue weighted by Crippen LogP contribution is 2.49. The number of aryl methyl sites for hydroxylation is 1. The van der Waals surface area contributed by atoms with Gasteiger partial charge >= 0.3 is 12.4 Å². The minimum absolute atomic E-state index is 0.0387. The van der Waals surface area contributed by atoms with Gasteiger partial charge in [-0.2, -0.15) is 26.3 Å². The van der Waals surface area contributed by atoms with Gasteiger partial charge in [-0.1, -0.05) is 50.2 Å². The van der Waals surface area contributed by atoms with Crippen LogP contribution in [0.1, 0.15) is 55.0 Å². The summed E-state index contributed by atoms with van der Waals surface area (Å²) >= 11 is 0. The van der Waals surface area contributed by atoms with Crippen LogP contribution >= 0.6 is 0 Å². The Morgan fingerprint density at radius 3 is 2.36 bits per heavy atom. The Hall–Kier alpha value is -3.61. The maximum absolute atomic E-state index is 14.2. The molecule has 2 aromatic carbocycles. The molecule has 0 radical (unpaired) electrons. The van der Waals surface area contributed by atoms with E-state index in [1.807, 2.05) is 26.3 Å². The van der Waals surface area contributed by atoms with Crippen LogP contribution in [-0.4, -0.2) is 41.9 Å². The molecule has 212 valence electrons. The van der Waals surface area contributed by atoms with Gasteiger partial charge in [0.25, 0.3) is 5.60 Å². The second-order valence-corrected chi connectivity index (χ2v) is 10.4. The van der Waals surface area contributed by atoms with Crippen LogP contribution in [0.4, 0.5) is 26.3 Å². The molecular formula is C26H28F6N4O3. The summed E-state index contributed by atoms with van der Waals surface area (Å²) in [6.45, 7) is 7.57. The van der Waals surface area contributed by atoms with E-state index < -0.39 is 35.5 Å². The van der Waals surface area contributed by atoms with Crippen LogP contribution in [0.2, 0.25) is 0 Å². The van der Waals surface area contributed by atoms with E-state index in [2.05, 4.69) is 15.5 Å². The number of halogens is 6. The first-order valence-electron chi connectivity index (χ1n) is 11.8. The van der Waals surface area contributed by atoms with Gasteiger partial charge in [-0.3, -0.25) is 20.5 Å². The third kappa shape index (κ3) is 6.88. The maximum atomic E-state index is 14.2. The number of oxime groups is 1. The molecule has 1 atom stereocenters. The molecule has 3 rings (SSSR count). The third-order valence-corrected chi connectivity index (χ3v) is 5.96. The molecule has 0 aliphatic carbocycles. The number of carbonyl (C=O) groups is 1. The molecule has 0 spiro atoms. The zero-order valence-electron chi connectivity index (χ0n) is 21.6. The largest absolute Gasteiger partial charge is 0.435 e. The van der Waals surface area contributed by atoms with Crippen molar-refractivity contribution in [3.8, 4) is 0 Å². The Labute approximate surface area is 220 Å². The average Bonchev–Trinajstić information content (AvgIpc) is 3.30. The minimum Gasteiger partial charge on any atom is -0.374 e. The van der Waals surface area contributed by atoms with E-state index in [0.29, 0.717) is 29.8 Å². The molecule has 0 saturated heterocycles. The summed E-state index contributed by atoms with van der Waals surface area (Å²) in [7, 11) is 0. The normalized spacial score (nSPS) is 18.4. The second kappa shape index (κ2) is 10.9. The standard InChI is InChI=1S/C26H28F6N4O3/c1-15-10-16(8-9-19(15)22(35-38)33-13-21(37)34-14-23(2,3)4)20-12-24(39-36-20,26(30,31)32)17-6-5-7-18(11-17)25(27,28)29/h5-11,38H,12-14H2,1-4H3,(H,33,35)(H,34,37). The molecule has 1 amide bonds. The summed E-state index contributed by atoms with van der Waals surface area (Å²) in [5.74, 6) is -0.411. The smallest absolute Gasteiger partial charge is 0.374 e. The molecular weight excluding hydrogens is 530 g/mol. The van der Waals surface area contributed by atoms with Crippen molar-refractivity contribution in [2.45, 2.75) is 52.1 Å². The zero-order valence-corrected chi connectivity index (χ0v) is 21.6. The van der Waals surface area contributed by atoms with Crippen molar-refractivity contribution in [3.05, 3.63) is 70.3 Å². The Morgan fingerprint density at radius 2 is 1.79 bits per heavy atom. The molecule has 1 unspecified atom stereocenters. The number of amidine groups is 1. The average molecular weight is 559 g/mol. The van der Waals surface area contributed by atoms with Crippen LogP contribution in [-0.2, 0) is 21.4 Å². The number of aliphatic imine (C=N–C) groups is 1. The number of rotatable bonds is 6. The minimum atomic E-state index is -5.08. The van der Waals surface area contributed by atoms with E-state index in [1.54, 1.807) is 6.92 Å². The van der Waals surface area contributed by atoms with Gasteiger partial charge in [0, 0.05) is 24.1 Å². The molecule has 1 aliphatic heterocycles. The lowest BCUT2D eigenvalue weighted by Crippen LogP contribution is -2.42. The first kappa shape index (κ1) is 29.9. The summed E-state index contributed by atoms with van der Waals surface area (Å²) in [5.41, 5.74) is -2.34. The second-order valence-electron chi connectivity index (χ2n) is 10.4. The maximum Gasteiger partial charge on any atom is 0.435 e. The molecule has 0 saturated carbocycles. The number of amides is 1. The van der Waals surface area contributed by atoms with Crippen molar-refractivity contribution in [2.24, 2.45) is 15.6 Å². The monoisotopic (exact) mass is 558 g/mol. The van der Waals surface area contributed by atoms with Crippen LogP contribution in [0.5, 0.6) is 0 Å². The van der Waals surface area contributed by atoms with Crippen LogP contribution < -0.4 is 10.8 Å². The highest BCUT2D eigenvalue weighted by Gasteiger charge is 2.62. The number of nitrogens with zero attached hydrogens (tertiary/aromatic N) is 2. The lowest BCUT2D eigenvalue weighted by atomic mass is 9.85. The van der Waals surface area contributed by atoms with Gasteiger partial charge in [0.1, 0.15) is 6.54 Å². The number of carbonyl (C=O) groups excluding carboxylic acids is 1. The van der Waals surface area contributed by atoms with E-state index in [0.717, 1.165) is 12.1 Å². The van der Waals surface area contributed by atoms with Gasteiger partial charge in [0.05, 0.1) is 11.3 Å². The molecule has 1 aliphatic rings. The van der Waals surface area contributed by atoms with Crippen molar-refractivity contribution in [2.75, 3.05) is 13.1 Å². The summed E-state index contributed by atoms with van der Waals surface area (Å²) in [5, 5.41) is 15.9. The topological polar surface area (TPSA) is 95.3 Å². The number of hydroxylamine groups is 1. The lowest BCUT2D eigenvalue weighted by molar-refractivity contribution is -0.276. The van der Waals surface area contributed by atoms with Crippen LogP contribution in [0.15, 0.2) is 52.6 Å². The number of benzene rings is 2. The van der Waals surface area contributed by atoms with Crippen molar-refractivity contribution < 1.29 is 41.2 Å². The molecule has 39 heavy (non-hydrogen) atoms. The lowest BCUT2D eigenvalue weighted by Gasteiger charge is -2.30. The van der Waals surface area contributed by atoms with Crippen molar-refractivity contribution in [1.29, 1.82) is 0 Å². The molecule has 0 aromatic heterocycles. The van der Waals surface area contributed by atoms with Crippen molar-refractivity contribution >= 4 is 17.5 Å². The van der Waals surface area contributed by atoms with E-state index in [4.69, 9.17) is 4.84 Å². The van der Waals surface area contributed by atoms with E-state index in [9.17, 15) is 36.3 Å². The van der Waals surface area contributed by atoms with Gasteiger partial charge in [0.15, 0.2) is 5.84 Å². The van der Waals surface area contributed by atoms with E-state index in [-0.39, 0.29) is 35.0 Å². The Kier molecular flexibility index (Phi) is 8.34. The van der Waals surface area contributed by atoms with Gasteiger partial charge < -0.3 is 10.2 Å². The quantitative estimate of drug-likeness (QED) is 0.189. The molecule has 13 heteroatoms. The highest BCUT2D eigenvalue weighted by molar-refractivity contribution is 6.04. The number of alkyl halides is 6. The van der Waals surface area contributed by atoms with Gasteiger partial charge in [0.2, 0.25) is 5.91 Å². The molecule has 3 N–H and O–H groups in total. The predicted octanol–water partition coefficient (Wildman–Crippen LogP) is 5.48. The SMILES string of the molecule is Cc1cc(C2=NOC(c3cccc(C(F)(F)F)c3)(C(F)(F)F)C2)ccc1C(=NCC(=O)NCC(C)(C)C)NO. The summed E-state index contributed by atoms with van der Waals surface area (Å²) in [4.78, 5) is 21.0. The zero-order chi connectivity index (χ0) is 29.2. The van der Waals surface area contributed by atoms with E-state index in [1.165, 1.54) is 18.2 Å². The van der Waals surface area contributed by atoms with Gasteiger partial charge in [-0.05, 0) is 41.7 Å². The molecule has 7 nitrogen and oxygen atoms in total. The highest BCUT2D eigenvalue weighted by atomic mass is 19.4. The van der Waals surface area contributed by atoms with Crippen LogP contribution in [0, 0.1) is 12.3 Å². The molecule has 1 heterocycles. The Morgan fingerprint density at radius 1 is 1.10 bits per heavy atom. The Bertz CT molecular complexity index is 1280. The van der Waals surface area contributed by atoms with Gasteiger partial charge in [-0.15, -0.1) is 0 Å². The van der Waals surface area contributed by atoms with Crippen molar-refractivity contribution in [3.63, 3.8) is 0 Å². The predicted molar refractivity (Wildman–Crippen MR) is 131 cm³/mol. The first-order chi connectivity index (χ1) is 18.0. The number of nitrogens with one attached hydrogen (secondary N) is 2. The molecule has 0 fully saturated rings. The number of hydrogen-bond acceptors (Lipinski definition) is 5. The third-order valence-electron chi connectivity index (χ3n) is 5.96. The molecule has 0 bridgehead atoms. The fraction of sp³-hybridized carbons (Fsp3) is 0.423. The van der Waals surface area contributed by atoms with Crippen LogP contribution in [0.3, 0.4) is 0 Å². The summed E-state index contributed by atoms with van der Waals surface area (Å²) in [6, 6.07) is 7.24. The molecule has 2 aromatic rings. The summed E-state index contributed by atoms with van der Waals surface area (Å²) in [6.07, 6.45) is -10.8. The van der Waals surface area contributed by atoms with Crippen LogP contribution in [0.25, 0.3) is 0 Å².